The van der Waals surface area contributed by atoms with Crippen LogP contribution in [0.25, 0.3) is 83.1 Å². The smallest absolute Gasteiger partial charge is 0.0782 e. The molecule has 0 bridgehead atoms. The Morgan fingerprint density at radius 1 is 0.290 bits per heavy atom. The summed E-state index contributed by atoms with van der Waals surface area (Å²) in [5.41, 5.74) is 23.9. The van der Waals surface area contributed by atoms with Gasteiger partial charge in [0.2, 0.25) is 0 Å². The van der Waals surface area contributed by atoms with E-state index in [-0.39, 0.29) is 0 Å². The van der Waals surface area contributed by atoms with Crippen LogP contribution in [0.2, 0.25) is 0 Å². The van der Waals surface area contributed by atoms with Crippen molar-refractivity contribution in [3.05, 3.63) is 289 Å². The van der Waals surface area contributed by atoms with Gasteiger partial charge in [-0.1, -0.05) is 218 Å². The highest BCUT2D eigenvalue weighted by molar-refractivity contribution is 6.15. The van der Waals surface area contributed by atoms with Crippen LogP contribution in [0, 0.1) is 0 Å². The molecule has 1 aromatic heterocycles. The van der Waals surface area contributed by atoms with Gasteiger partial charge in [-0.25, -0.2) is 0 Å². The Bertz CT molecular complexity index is 3860. The molecule has 14 rings (SSSR count). The van der Waals surface area contributed by atoms with Crippen molar-refractivity contribution in [2.45, 2.75) is 5.41 Å². The first-order valence-electron chi connectivity index (χ1n) is 23.9. The molecule has 2 aliphatic carbocycles. The molecular weight excluding hydrogens is 833 g/mol. The maximum Gasteiger partial charge on any atom is 0.0782 e. The van der Waals surface area contributed by atoms with Crippen molar-refractivity contribution in [2.75, 3.05) is 4.90 Å². The predicted molar refractivity (Wildman–Crippen MR) is 288 cm³/mol. The van der Waals surface area contributed by atoms with Crippen LogP contribution < -0.4 is 4.90 Å². The van der Waals surface area contributed by atoms with E-state index < -0.39 is 5.41 Å². The van der Waals surface area contributed by atoms with Crippen LogP contribution in [0.4, 0.5) is 17.1 Å². The average Bonchev–Trinajstić information content (AvgIpc) is 4.04. The number of para-hydroxylation sites is 1. The minimum Gasteiger partial charge on any atom is -0.308 e. The molecule has 0 aliphatic heterocycles. The second-order valence-electron chi connectivity index (χ2n) is 18.4. The highest BCUT2D eigenvalue weighted by Crippen LogP contribution is 2.63. The lowest BCUT2D eigenvalue weighted by molar-refractivity contribution is 0.793. The Morgan fingerprint density at radius 3 is 1.30 bits per heavy atom. The summed E-state index contributed by atoms with van der Waals surface area (Å²) in [7, 11) is 0. The van der Waals surface area contributed by atoms with Crippen LogP contribution >= 0.6 is 0 Å². The normalized spacial score (nSPS) is 12.8. The van der Waals surface area contributed by atoms with Crippen LogP contribution in [-0.4, -0.2) is 4.57 Å². The molecular formula is C67H44N2. The van der Waals surface area contributed by atoms with Crippen LogP contribution in [0.15, 0.2) is 267 Å². The number of anilines is 3. The van der Waals surface area contributed by atoms with Gasteiger partial charge < -0.3 is 9.47 Å². The molecule has 2 aliphatic rings. The second-order valence-corrected chi connectivity index (χ2v) is 18.4. The van der Waals surface area contributed by atoms with E-state index in [1.807, 2.05) is 0 Å². The van der Waals surface area contributed by atoms with Crippen molar-refractivity contribution >= 4 is 38.9 Å². The molecule has 1 heterocycles. The molecule has 69 heavy (non-hydrogen) atoms. The largest absolute Gasteiger partial charge is 0.308 e. The van der Waals surface area contributed by atoms with Gasteiger partial charge in [0.05, 0.1) is 22.1 Å². The van der Waals surface area contributed by atoms with E-state index in [1.54, 1.807) is 0 Å². The number of rotatable bonds is 7. The number of nitrogens with zero attached hydrogens (tertiary/aromatic N) is 2. The van der Waals surface area contributed by atoms with Crippen molar-refractivity contribution in [3.8, 4) is 61.3 Å². The van der Waals surface area contributed by atoms with Crippen LogP contribution in [0.5, 0.6) is 0 Å². The van der Waals surface area contributed by atoms with Crippen molar-refractivity contribution in [1.82, 2.24) is 4.57 Å². The van der Waals surface area contributed by atoms with Gasteiger partial charge in [-0.05, 0) is 126 Å². The van der Waals surface area contributed by atoms with Gasteiger partial charge in [0.15, 0.2) is 0 Å². The van der Waals surface area contributed by atoms with Crippen molar-refractivity contribution in [1.29, 1.82) is 0 Å². The monoisotopic (exact) mass is 876 g/mol. The Balaban J connectivity index is 1.05. The van der Waals surface area contributed by atoms with E-state index in [2.05, 4.69) is 276 Å². The first-order valence-corrected chi connectivity index (χ1v) is 23.9. The minimum absolute atomic E-state index is 0.479. The number of benzene rings is 11. The second kappa shape index (κ2) is 15.6. The van der Waals surface area contributed by atoms with Gasteiger partial charge >= 0.3 is 0 Å². The number of hydrogen-bond donors (Lipinski definition) is 0. The predicted octanol–water partition coefficient (Wildman–Crippen LogP) is 17.6. The topological polar surface area (TPSA) is 8.17 Å². The molecule has 0 saturated carbocycles. The quantitative estimate of drug-likeness (QED) is 0.155. The highest BCUT2D eigenvalue weighted by atomic mass is 15.2. The molecule has 11 aromatic carbocycles. The Kier molecular flexibility index (Phi) is 8.84. The summed E-state index contributed by atoms with van der Waals surface area (Å²) in [4.78, 5) is 2.51. The molecule has 0 atom stereocenters. The fourth-order valence-electron chi connectivity index (χ4n) is 11.8. The molecule has 0 saturated heterocycles. The van der Waals surface area contributed by atoms with Crippen molar-refractivity contribution in [3.63, 3.8) is 0 Å². The van der Waals surface area contributed by atoms with E-state index in [9.17, 15) is 0 Å². The van der Waals surface area contributed by atoms with Crippen molar-refractivity contribution in [2.24, 2.45) is 0 Å². The van der Waals surface area contributed by atoms with Gasteiger partial charge in [0.1, 0.15) is 0 Å². The summed E-state index contributed by atoms with van der Waals surface area (Å²) >= 11 is 0. The summed E-state index contributed by atoms with van der Waals surface area (Å²) < 4.78 is 2.50. The molecule has 2 nitrogen and oxygen atoms in total. The van der Waals surface area contributed by atoms with Gasteiger partial charge in [-0.3, -0.25) is 0 Å². The fraction of sp³-hybridized carbons (Fsp3) is 0.0149. The third-order valence-electron chi connectivity index (χ3n) is 14.8. The molecule has 0 radical (unpaired) electrons. The fourth-order valence-corrected chi connectivity index (χ4v) is 11.8. The molecule has 0 unspecified atom stereocenters. The summed E-state index contributed by atoms with van der Waals surface area (Å²) in [6, 6.07) is 98.7. The lowest BCUT2D eigenvalue weighted by Crippen LogP contribution is -2.26. The summed E-state index contributed by atoms with van der Waals surface area (Å²) in [5, 5.41) is 2.41. The summed E-state index contributed by atoms with van der Waals surface area (Å²) in [5.74, 6) is 0. The Morgan fingerprint density at radius 2 is 0.739 bits per heavy atom. The molecule has 1 spiro atoms. The van der Waals surface area contributed by atoms with Gasteiger partial charge in [0, 0.05) is 27.8 Å². The van der Waals surface area contributed by atoms with Gasteiger partial charge in [0.25, 0.3) is 0 Å². The molecule has 0 amide bonds. The van der Waals surface area contributed by atoms with E-state index in [4.69, 9.17) is 0 Å². The SMILES string of the molecule is c1ccc(-c2ccc(N(c3ccc4c(c3)C3(c5ccccc5-c5ccccc53)c3ccccc3-4)c3cccc4c5ccc(-c6ccccc6)cc5n(-c5ccc(-c6ccccc6)cc5)c34)cc2)cc1. The zero-order chi connectivity index (χ0) is 45.5. The van der Waals surface area contributed by atoms with Crippen LogP contribution in [0.3, 0.4) is 0 Å². The maximum atomic E-state index is 2.51. The molecule has 12 aromatic rings. The molecule has 2 heteroatoms. The van der Waals surface area contributed by atoms with E-state index in [0.717, 1.165) is 33.8 Å². The average molecular weight is 877 g/mol. The van der Waals surface area contributed by atoms with E-state index in [1.165, 1.54) is 88.7 Å². The highest BCUT2D eigenvalue weighted by Gasteiger charge is 2.51. The van der Waals surface area contributed by atoms with Gasteiger partial charge in [-0.15, -0.1) is 0 Å². The molecule has 322 valence electrons. The molecule has 0 fully saturated rings. The van der Waals surface area contributed by atoms with E-state index in [0.29, 0.717) is 0 Å². The first kappa shape index (κ1) is 39.2. The lowest BCUT2D eigenvalue weighted by atomic mass is 9.70. The first-order chi connectivity index (χ1) is 34.2. The van der Waals surface area contributed by atoms with Crippen molar-refractivity contribution < 1.29 is 0 Å². The summed E-state index contributed by atoms with van der Waals surface area (Å²) in [6.45, 7) is 0. The Hall–Kier alpha value is -8.98. The number of hydrogen-bond acceptors (Lipinski definition) is 1. The maximum absolute atomic E-state index is 2.51. The third-order valence-corrected chi connectivity index (χ3v) is 14.8. The number of fused-ring (bicyclic) bond motifs is 13. The van der Waals surface area contributed by atoms with Crippen LogP contribution in [-0.2, 0) is 5.41 Å². The van der Waals surface area contributed by atoms with Gasteiger partial charge in [-0.2, -0.15) is 0 Å². The lowest BCUT2D eigenvalue weighted by Gasteiger charge is -2.32. The molecule has 0 N–H and O–H groups in total. The van der Waals surface area contributed by atoms with Crippen LogP contribution in [0.1, 0.15) is 22.3 Å². The Labute approximate surface area is 402 Å². The number of aromatic nitrogens is 1. The minimum atomic E-state index is -0.479. The van der Waals surface area contributed by atoms with E-state index >= 15 is 0 Å². The standard InChI is InChI=1S/C67H44N2/c1-4-17-45(18-5-1)48-31-36-51(37-32-48)68(53-40-42-57-56-25-12-15-29-62(56)67(63(57)44-53)60-27-13-10-23-54(60)55-24-11-14-28-61(55)67)64-30-16-26-59-58-41-35-50(47-21-8-3-9-22-47)43-65(58)69(66(59)64)52-38-33-49(34-39-52)46-19-6-2-7-20-46/h1-44H. The summed E-state index contributed by atoms with van der Waals surface area (Å²) in [6.07, 6.45) is 0. The zero-order valence-corrected chi connectivity index (χ0v) is 37.8. The zero-order valence-electron chi connectivity index (χ0n) is 37.8. The third kappa shape index (κ3) is 5.92.